The molecule has 0 unspecified atom stereocenters. The van der Waals surface area contributed by atoms with Crippen molar-refractivity contribution in [2.75, 3.05) is 44.1 Å². The third-order valence-electron chi connectivity index (χ3n) is 12.0. The number of anilines is 1. The molecule has 1 N–H and O–H groups in total. The topological polar surface area (TPSA) is 107 Å². The largest absolute Gasteiger partial charge is 0.490 e. The Hall–Kier alpha value is -3.70. The number of carbonyl (C=O) groups is 2. The molecule has 11 heteroatoms. The van der Waals surface area contributed by atoms with Crippen LogP contribution in [0.25, 0.3) is 0 Å². The summed E-state index contributed by atoms with van der Waals surface area (Å²) >= 11 is 6.47. The van der Waals surface area contributed by atoms with Gasteiger partial charge in [0.05, 0.1) is 37.4 Å². The summed E-state index contributed by atoms with van der Waals surface area (Å²) in [4.78, 5) is 30.2. The average Bonchev–Trinajstić information content (AvgIpc) is 3.28. The van der Waals surface area contributed by atoms with Crippen LogP contribution in [0.2, 0.25) is 5.02 Å². The van der Waals surface area contributed by atoms with Crippen molar-refractivity contribution in [1.29, 1.82) is 0 Å². The number of methoxy groups -OCH3 is 1. The van der Waals surface area contributed by atoms with Crippen molar-refractivity contribution in [3.8, 4) is 5.75 Å². The molecule has 3 aromatic rings. The molecule has 2 bridgehead atoms. The molecule has 3 aliphatic heterocycles. The van der Waals surface area contributed by atoms with E-state index in [1.165, 1.54) is 11.1 Å². The lowest BCUT2D eigenvalue weighted by Gasteiger charge is -2.46. The van der Waals surface area contributed by atoms with E-state index in [1.807, 2.05) is 37.3 Å². The summed E-state index contributed by atoms with van der Waals surface area (Å²) in [6.07, 6.45) is 10.6. The van der Waals surface area contributed by atoms with E-state index in [0.29, 0.717) is 61.4 Å². The summed E-state index contributed by atoms with van der Waals surface area (Å²) in [5, 5.41) is 0.742. The molecule has 8 rings (SSSR count). The Balaban J connectivity index is 1.18. The van der Waals surface area contributed by atoms with Crippen LogP contribution >= 0.6 is 11.6 Å². The number of carbonyl (C=O) groups excluding carboxylic acids is 2. The molecule has 3 heterocycles. The van der Waals surface area contributed by atoms with Crippen LogP contribution in [0.15, 0.2) is 71.1 Å². The third-order valence-corrected chi connectivity index (χ3v) is 14.2. The molecule has 1 spiro atoms. The second kappa shape index (κ2) is 14.9. The van der Waals surface area contributed by atoms with E-state index in [-0.39, 0.29) is 23.2 Å². The Labute approximate surface area is 317 Å². The first kappa shape index (κ1) is 36.3. The smallest absolute Gasteiger partial charge is 0.286 e. The van der Waals surface area contributed by atoms with Crippen LogP contribution in [-0.4, -0.2) is 61.3 Å². The van der Waals surface area contributed by atoms with Crippen LogP contribution < -0.4 is 14.4 Å². The number of amides is 2. The van der Waals surface area contributed by atoms with Gasteiger partial charge in [-0.1, -0.05) is 42.8 Å². The fourth-order valence-corrected chi connectivity index (χ4v) is 11.2. The maximum absolute atomic E-state index is 14.7. The Morgan fingerprint density at radius 3 is 2.79 bits per heavy atom. The highest BCUT2D eigenvalue weighted by atomic mass is 35.5. The maximum Gasteiger partial charge on any atom is 0.286 e. The summed E-state index contributed by atoms with van der Waals surface area (Å²) in [6.45, 7) is 5.06. The van der Waals surface area contributed by atoms with Crippen LogP contribution in [0.5, 0.6) is 5.75 Å². The van der Waals surface area contributed by atoms with Gasteiger partial charge in [-0.25, -0.2) is 4.21 Å². The lowest BCUT2D eigenvalue weighted by atomic mass is 9.68. The molecule has 9 nitrogen and oxygen atoms in total. The lowest BCUT2D eigenvalue weighted by Crippen LogP contribution is -2.49. The fourth-order valence-electron chi connectivity index (χ4n) is 9.08. The highest BCUT2D eigenvalue weighted by Crippen LogP contribution is 2.47. The second-order valence-corrected chi connectivity index (χ2v) is 18.1. The number of benzene rings is 3. The van der Waals surface area contributed by atoms with E-state index in [2.05, 4.69) is 38.3 Å². The lowest BCUT2D eigenvalue weighted by molar-refractivity contribution is 0.0131. The molecular formula is C42H48ClN3O6S. The van der Waals surface area contributed by atoms with Crippen LogP contribution in [0.1, 0.15) is 82.0 Å². The molecule has 280 valence electrons. The first-order valence-corrected chi connectivity index (χ1v) is 21.0. The third kappa shape index (κ3) is 7.40. The quantitative estimate of drug-likeness (QED) is 0.276. The summed E-state index contributed by atoms with van der Waals surface area (Å²) in [6, 6.07) is 17.0. The monoisotopic (exact) mass is 757 g/mol. The summed E-state index contributed by atoms with van der Waals surface area (Å²) in [5.74, 6) is 0.165. The Bertz CT molecular complexity index is 2080. The van der Waals surface area contributed by atoms with E-state index in [0.717, 1.165) is 67.0 Å². The van der Waals surface area contributed by atoms with Gasteiger partial charge in [0, 0.05) is 41.8 Å². The molecule has 0 aromatic heterocycles. The van der Waals surface area contributed by atoms with Gasteiger partial charge in [-0.15, -0.1) is 4.36 Å². The number of nitrogens with one attached hydrogen (secondary N) is 1. The Morgan fingerprint density at radius 2 is 1.96 bits per heavy atom. The highest BCUT2D eigenvalue weighted by molar-refractivity contribution is 7.92. The summed E-state index contributed by atoms with van der Waals surface area (Å²) < 4.78 is 40.1. The minimum absolute atomic E-state index is 0.0173. The number of halogens is 1. The van der Waals surface area contributed by atoms with Crippen molar-refractivity contribution < 1.29 is 28.0 Å². The average molecular weight is 758 g/mol. The number of ether oxygens (including phenoxy) is 3. The Morgan fingerprint density at radius 1 is 1.08 bits per heavy atom. The van der Waals surface area contributed by atoms with Crippen LogP contribution in [-0.2, 0) is 44.3 Å². The van der Waals surface area contributed by atoms with Gasteiger partial charge in [-0.2, -0.15) is 0 Å². The second-order valence-electron chi connectivity index (χ2n) is 15.7. The normalized spacial score (nSPS) is 30.3. The van der Waals surface area contributed by atoms with Gasteiger partial charge in [0.1, 0.15) is 15.7 Å². The number of hydrogen-bond donors (Lipinski definition) is 1. The van der Waals surface area contributed by atoms with Crippen molar-refractivity contribution in [2.24, 2.45) is 22.1 Å². The predicted molar refractivity (Wildman–Crippen MR) is 207 cm³/mol. The van der Waals surface area contributed by atoms with Crippen molar-refractivity contribution in [3.05, 3.63) is 105 Å². The molecule has 3 aromatic carbocycles. The predicted octanol–water partition coefficient (Wildman–Crippen LogP) is 7.48. The van der Waals surface area contributed by atoms with Crippen LogP contribution in [0.4, 0.5) is 5.69 Å². The molecule has 1 fully saturated rings. The first-order chi connectivity index (χ1) is 25.6. The molecule has 2 aliphatic carbocycles. The number of allylic oxidation sites excluding steroid dienone is 1. The Kier molecular flexibility index (Phi) is 10.2. The minimum atomic E-state index is -3.53. The number of fused-ring (bicyclic) bond motifs is 5. The van der Waals surface area contributed by atoms with Gasteiger partial charge in [-0.05, 0) is 127 Å². The SMILES string of the molecule is CO[C@H]1/C=C/C[C@H](C)C[S@@](=O)(NC(=O)c2ccc3c(c2)CCOC3)=NC(=O)c2ccc3c(c2)N(C[C@@H]2CC[C@H]21)C[C@@]1(CCCc2cc(Cl)ccc21)CO3. The van der Waals surface area contributed by atoms with Crippen molar-refractivity contribution in [2.45, 2.75) is 70.0 Å². The molecular weight excluding hydrogens is 710 g/mol. The van der Waals surface area contributed by atoms with Gasteiger partial charge < -0.3 is 19.1 Å². The number of rotatable bonds is 3. The summed E-state index contributed by atoms with van der Waals surface area (Å²) in [7, 11) is -1.76. The molecule has 53 heavy (non-hydrogen) atoms. The van der Waals surface area contributed by atoms with E-state index in [1.54, 1.807) is 19.2 Å². The van der Waals surface area contributed by atoms with E-state index >= 15 is 0 Å². The zero-order chi connectivity index (χ0) is 36.7. The number of hydrogen-bond acceptors (Lipinski definition) is 7. The molecule has 0 radical (unpaired) electrons. The molecule has 1 saturated carbocycles. The van der Waals surface area contributed by atoms with Crippen molar-refractivity contribution in [1.82, 2.24) is 4.72 Å². The number of nitrogens with zero attached hydrogens (tertiary/aromatic N) is 2. The first-order valence-electron chi connectivity index (χ1n) is 18.9. The zero-order valence-electron chi connectivity index (χ0n) is 30.5. The fraction of sp³-hybridized carbons (Fsp3) is 0.476. The highest BCUT2D eigenvalue weighted by Gasteiger charge is 2.44. The van der Waals surface area contributed by atoms with E-state index < -0.39 is 21.7 Å². The summed E-state index contributed by atoms with van der Waals surface area (Å²) in [5.41, 5.74) is 5.87. The zero-order valence-corrected chi connectivity index (χ0v) is 32.1. The van der Waals surface area contributed by atoms with Gasteiger partial charge in [0.2, 0.25) is 0 Å². The molecule has 6 atom stereocenters. The van der Waals surface area contributed by atoms with Crippen molar-refractivity contribution in [3.63, 3.8) is 0 Å². The molecule has 5 aliphatic rings. The van der Waals surface area contributed by atoms with Gasteiger partial charge in [0.15, 0.2) is 0 Å². The van der Waals surface area contributed by atoms with Crippen LogP contribution in [0, 0.1) is 17.8 Å². The van der Waals surface area contributed by atoms with Gasteiger partial charge in [0.25, 0.3) is 11.8 Å². The number of aryl methyl sites for hydroxylation is 1. The van der Waals surface area contributed by atoms with Gasteiger partial charge >= 0.3 is 0 Å². The van der Waals surface area contributed by atoms with E-state index in [9.17, 15) is 13.8 Å². The maximum atomic E-state index is 14.7. The standard InChI is InChI=1S/C42H48ClN3O6S/c1-27-5-3-7-38(50-2)35-13-10-32(35)22-46-25-42(17-4-6-29-20-34(43)12-14-36(29)42)26-52-39-15-11-31(21-37(39)46)41(48)45-53(49,24-27)44-40(47)30-8-9-33-23-51-18-16-28(33)19-30/h3,7-9,11-12,14-15,19-21,27,32,35,38H,4-6,10,13,16-18,22-26H2,1-2H3,(H,44,45,47,48,49)/b7-3+/t27-,32-,35+,38-,42-,53+/m0/s1. The van der Waals surface area contributed by atoms with Crippen molar-refractivity contribution >= 4 is 39.0 Å². The molecule has 0 saturated heterocycles. The van der Waals surface area contributed by atoms with E-state index in [4.69, 9.17) is 25.8 Å². The van der Waals surface area contributed by atoms with Gasteiger partial charge in [-0.3, -0.25) is 14.3 Å². The molecule has 2 amide bonds. The minimum Gasteiger partial charge on any atom is -0.490 e. The van der Waals surface area contributed by atoms with Crippen LogP contribution in [0.3, 0.4) is 0 Å².